The summed E-state index contributed by atoms with van der Waals surface area (Å²) in [7, 11) is 3.28. The minimum atomic E-state index is -0.387. The van der Waals surface area contributed by atoms with Gasteiger partial charge in [-0.1, -0.05) is 18.7 Å². The Morgan fingerprint density at radius 1 is 1.29 bits per heavy atom. The Balaban J connectivity index is 1.45. The molecule has 0 bridgehead atoms. The molecule has 164 valence electrons. The number of aryl methyl sites for hydroxylation is 2. The molecule has 0 saturated heterocycles. The number of fused-ring (bicyclic) bond motifs is 1. The summed E-state index contributed by atoms with van der Waals surface area (Å²) in [6, 6.07) is 2.13. The van der Waals surface area contributed by atoms with Crippen LogP contribution in [-0.2, 0) is 35.8 Å². The summed E-state index contributed by atoms with van der Waals surface area (Å²) in [6.45, 7) is 2.13. The fraction of sp³-hybridized carbons (Fsp3) is 0.429. The van der Waals surface area contributed by atoms with Gasteiger partial charge in [-0.3, -0.25) is 4.79 Å². The molecule has 31 heavy (non-hydrogen) atoms. The molecule has 1 N–H and O–H groups in total. The molecule has 0 spiro atoms. The van der Waals surface area contributed by atoms with E-state index in [1.165, 1.54) is 40.0 Å². The highest BCUT2D eigenvalue weighted by Crippen LogP contribution is 2.38. The lowest BCUT2D eigenvalue weighted by Crippen LogP contribution is -2.16. The molecule has 3 aromatic heterocycles. The Kier molecular flexibility index (Phi) is 6.78. The number of anilines is 1. The molecule has 0 saturated carbocycles. The molecular formula is C21H24N4O3S3. The van der Waals surface area contributed by atoms with E-state index in [1.54, 1.807) is 11.3 Å². The molecule has 1 aliphatic rings. The Hall–Kier alpha value is -2.17. The van der Waals surface area contributed by atoms with E-state index in [2.05, 4.69) is 33.9 Å². The summed E-state index contributed by atoms with van der Waals surface area (Å²) in [5.74, 6) is 0.404. The predicted molar refractivity (Wildman–Crippen MR) is 125 cm³/mol. The van der Waals surface area contributed by atoms with E-state index in [0.717, 1.165) is 49.1 Å². The molecule has 0 atom stereocenters. The summed E-state index contributed by atoms with van der Waals surface area (Å²) < 4.78 is 6.88. The number of rotatable bonds is 7. The summed E-state index contributed by atoms with van der Waals surface area (Å²) in [5, 5.41) is 14.8. The average Bonchev–Trinajstić information content (AvgIpc) is 3.48. The number of carbonyl (C=O) groups is 2. The van der Waals surface area contributed by atoms with Crippen molar-refractivity contribution < 1.29 is 14.3 Å². The van der Waals surface area contributed by atoms with Crippen LogP contribution < -0.4 is 5.32 Å². The predicted octanol–water partition coefficient (Wildman–Crippen LogP) is 4.56. The molecule has 3 heterocycles. The van der Waals surface area contributed by atoms with Gasteiger partial charge in [0.15, 0.2) is 11.0 Å². The van der Waals surface area contributed by atoms with E-state index in [0.29, 0.717) is 15.7 Å². The fourth-order valence-corrected chi connectivity index (χ4v) is 6.46. The second kappa shape index (κ2) is 9.54. The van der Waals surface area contributed by atoms with E-state index in [4.69, 9.17) is 4.74 Å². The first kappa shape index (κ1) is 22.0. The Labute approximate surface area is 193 Å². The lowest BCUT2D eigenvalue weighted by atomic mass is 9.95. The molecule has 0 fully saturated rings. The molecule has 0 radical (unpaired) electrons. The summed E-state index contributed by atoms with van der Waals surface area (Å²) in [5.41, 5.74) is 2.59. The van der Waals surface area contributed by atoms with Crippen LogP contribution in [0.15, 0.2) is 16.6 Å². The molecule has 1 amide bonds. The number of nitrogens with one attached hydrogen (secondary N) is 1. The van der Waals surface area contributed by atoms with Gasteiger partial charge in [-0.25, -0.2) is 4.79 Å². The standard InChI is InChI=1S/C21H24N4O3S3/c1-4-13-9-12(10-29-13)18-23-24-21(25(18)2)30-11-16(26)22-19-17(20(27)28-3)14-7-5-6-8-15(14)31-19/h9-10H,4-8,11H2,1-3H3,(H,22,26). The van der Waals surface area contributed by atoms with Gasteiger partial charge >= 0.3 is 5.97 Å². The van der Waals surface area contributed by atoms with Crippen molar-refractivity contribution in [3.63, 3.8) is 0 Å². The highest BCUT2D eigenvalue weighted by atomic mass is 32.2. The smallest absolute Gasteiger partial charge is 0.341 e. The third kappa shape index (κ3) is 4.56. The molecule has 10 heteroatoms. The van der Waals surface area contributed by atoms with Gasteiger partial charge in [0.05, 0.1) is 18.4 Å². The van der Waals surface area contributed by atoms with Crippen molar-refractivity contribution in [3.8, 4) is 11.4 Å². The minimum Gasteiger partial charge on any atom is -0.465 e. The van der Waals surface area contributed by atoms with Crippen molar-refractivity contribution in [2.75, 3.05) is 18.2 Å². The average molecular weight is 477 g/mol. The number of carbonyl (C=O) groups excluding carboxylic acids is 2. The van der Waals surface area contributed by atoms with Gasteiger partial charge < -0.3 is 14.6 Å². The largest absolute Gasteiger partial charge is 0.465 e. The second-order valence-electron chi connectivity index (χ2n) is 7.26. The Morgan fingerprint density at radius 2 is 2.10 bits per heavy atom. The first-order chi connectivity index (χ1) is 15.0. The SMILES string of the molecule is CCc1cc(-c2nnc(SCC(=O)Nc3sc4c(c3C(=O)OC)CCCC4)n2C)cs1. The molecule has 0 aliphatic heterocycles. The minimum absolute atomic E-state index is 0.179. The van der Waals surface area contributed by atoms with Crippen molar-refractivity contribution in [2.45, 2.75) is 44.2 Å². The lowest BCUT2D eigenvalue weighted by molar-refractivity contribution is -0.113. The molecule has 0 aromatic carbocycles. The first-order valence-corrected chi connectivity index (χ1v) is 12.8. The van der Waals surface area contributed by atoms with E-state index in [1.807, 2.05) is 11.6 Å². The van der Waals surface area contributed by atoms with Crippen molar-refractivity contribution >= 4 is 51.3 Å². The zero-order valence-corrected chi connectivity index (χ0v) is 20.1. The van der Waals surface area contributed by atoms with Crippen LogP contribution >= 0.6 is 34.4 Å². The van der Waals surface area contributed by atoms with Crippen LogP contribution in [0.3, 0.4) is 0 Å². The highest BCUT2D eigenvalue weighted by Gasteiger charge is 2.27. The maximum absolute atomic E-state index is 12.7. The number of amides is 1. The van der Waals surface area contributed by atoms with E-state index in [9.17, 15) is 9.59 Å². The maximum Gasteiger partial charge on any atom is 0.341 e. The van der Waals surface area contributed by atoms with Gasteiger partial charge in [-0.15, -0.1) is 32.9 Å². The zero-order chi connectivity index (χ0) is 22.0. The summed E-state index contributed by atoms with van der Waals surface area (Å²) in [6.07, 6.45) is 4.94. The van der Waals surface area contributed by atoms with Crippen LogP contribution in [0, 0.1) is 0 Å². The number of methoxy groups -OCH3 is 1. The van der Waals surface area contributed by atoms with Gasteiger partial charge in [-0.2, -0.15) is 0 Å². The topological polar surface area (TPSA) is 86.1 Å². The number of thiophene rings is 2. The van der Waals surface area contributed by atoms with Crippen molar-refractivity contribution in [2.24, 2.45) is 7.05 Å². The third-order valence-electron chi connectivity index (χ3n) is 5.24. The number of nitrogens with zero attached hydrogens (tertiary/aromatic N) is 3. The molecule has 3 aromatic rings. The van der Waals surface area contributed by atoms with E-state index >= 15 is 0 Å². The van der Waals surface area contributed by atoms with Gasteiger partial charge in [-0.05, 0) is 43.7 Å². The summed E-state index contributed by atoms with van der Waals surface area (Å²) in [4.78, 5) is 27.5. The third-order valence-corrected chi connectivity index (χ3v) is 8.55. The zero-order valence-electron chi connectivity index (χ0n) is 17.7. The van der Waals surface area contributed by atoms with Gasteiger partial charge in [0, 0.05) is 27.7 Å². The monoisotopic (exact) mass is 476 g/mol. The van der Waals surface area contributed by atoms with Crippen LogP contribution in [-0.4, -0.2) is 39.5 Å². The second-order valence-corrected chi connectivity index (χ2v) is 10.3. The molecular weight excluding hydrogens is 452 g/mol. The Morgan fingerprint density at radius 3 is 2.84 bits per heavy atom. The quantitative estimate of drug-likeness (QED) is 0.397. The van der Waals surface area contributed by atoms with E-state index < -0.39 is 0 Å². The van der Waals surface area contributed by atoms with Crippen LogP contribution in [0.25, 0.3) is 11.4 Å². The van der Waals surface area contributed by atoms with Crippen molar-refractivity contribution in [3.05, 3.63) is 32.3 Å². The first-order valence-electron chi connectivity index (χ1n) is 10.1. The van der Waals surface area contributed by atoms with Crippen LogP contribution in [0.5, 0.6) is 0 Å². The number of hydrogen-bond donors (Lipinski definition) is 1. The van der Waals surface area contributed by atoms with Gasteiger partial charge in [0.25, 0.3) is 0 Å². The number of esters is 1. The molecule has 1 aliphatic carbocycles. The van der Waals surface area contributed by atoms with Crippen LogP contribution in [0.4, 0.5) is 5.00 Å². The Bertz CT molecular complexity index is 1120. The normalized spacial score (nSPS) is 13.1. The maximum atomic E-state index is 12.7. The summed E-state index contributed by atoms with van der Waals surface area (Å²) >= 11 is 4.53. The van der Waals surface area contributed by atoms with E-state index in [-0.39, 0.29) is 17.6 Å². The number of ether oxygens (including phenoxy) is 1. The van der Waals surface area contributed by atoms with Crippen molar-refractivity contribution in [1.29, 1.82) is 0 Å². The number of hydrogen-bond acceptors (Lipinski definition) is 8. The molecule has 7 nitrogen and oxygen atoms in total. The molecule has 0 unspecified atom stereocenters. The van der Waals surface area contributed by atoms with Crippen molar-refractivity contribution in [1.82, 2.24) is 14.8 Å². The van der Waals surface area contributed by atoms with Gasteiger partial charge in [0.2, 0.25) is 5.91 Å². The lowest BCUT2D eigenvalue weighted by Gasteiger charge is -2.11. The fourth-order valence-electron chi connectivity index (χ4n) is 3.64. The highest BCUT2D eigenvalue weighted by molar-refractivity contribution is 7.99. The van der Waals surface area contributed by atoms with Gasteiger partial charge in [0.1, 0.15) is 5.00 Å². The molecule has 4 rings (SSSR count). The van der Waals surface area contributed by atoms with Crippen LogP contribution in [0.1, 0.15) is 45.4 Å². The number of aromatic nitrogens is 3. The number of thioether (sulfide) groups is 1. The van der Waals surface area contributed by atoms with Crippen LogP contribution in [0.2, 0.25) is 0 Å².